The molecule has 2 aliphatic rings. The van der Waals surface area contributed by atoms with E-state index in [1.807, 2.05) is 6.07 Å². The van der Waals surface area contributed by atoms with Crippen molar-refractivity contribution in [3.8, 4) is 17.4 Å². The van der Waals surface area contributed by atoms with Crippen LogP contribution in [0.2, 0.25) is 0 Å². The smallest absolute Gasteiger partial charge is 0.260 e. The maximum absolute atomic E-state index is 13.1. The van der Waals surface area contributed by atoms with Crippen LogP contribution in [0.1, 0.15) is 21.3 Å². The van der Waals surface area contributed by atoms with Crippen LogP contribution in [0.25, 0.3) is 0 Å². The lowest BCUT2D eigenvalue weighted by molar-refractivity contribution is -0.119. The van der Waals surface area contributed by atoms with Crippen LogP contribution in [0.15, 0.2) is 30.5 Å². The summed E-state index contributed by atoms with van der Waals surface area (Å²) in [5.41, 5.74) is 1.85. The van der Waals surface area contributed by atoms with Crippen molar-refractivity contribution in [2.24, 2.45) is 0 Å². The van der Waals surface area contributed by atoms with Crippen LogP contribution in [0.5, 0.6) is 17.4 Å². The minimum absolute atomic E-state index is 0.216. The molecule has 0 radical (unpaired) electrons. The van der Waals surface area contributed by atoms with E-state index in [4.69, 9.17) is 14.2 Å². The van der Waals surface area contributed by atoms with Gasteiger partial charge in [-0.1, -0.05) is 6.07 Å². The van der Waals surface area contributed by atoms with E-state index in [9.17, 15) is 9.59 Å². The number of nitrogens with one attached hydrogen (secondary N) is 1. The first-order valence-electron chi connectivity index (χ1n) is 8.59. The minimum atomic E-state index is -0.590. The van der Waals surface area contributed by atoms with Crippen molar-refractivity contribution in [3.05, 3.63) is 41.6 Å². The van der Waals surface area contributed by atoms with Crippen molar-refractivity contribution < 1.29 is 23.8 Å². The molecule has 0 bridgehead atoms. The number of aromatic nitrogens is 1. The summed E-state index contributed by atoms with van der Waals surface area (Å²) in [6, 6.07) is 6.42. The van der Waals surface area contributed by atoms with Gasteiger partial charge in [0.2, 0.25) is 11.8 Å². The molecule has 2 atom stereocenters. The number of amides is 2. The zero-order valence-corrected chi connectivity index (χ0v) is 16.4. The van der Waals surface area contributed by atoms with E-state index >= 15 is 0 Å². The van der Waals surface area contributed by atoms with E-state index in [0.29, 0.717) is 34.4 Å². The van der Waals surface area contributed by atoms with Crippen molar-refractivity contribution in [2.75, 3.05) is 32.4 Å². The first kappa shape index (κ1) is 18.4. The topological polar surface area (TPSA) is 90.0 Å². The maximum Gasteiger partial charge on any atom is 0.260 e. The van der Waals surface area contributed by atoms with E-state index in [1.165, 1.54) is 27.5 Å². The van der Waals surface area contributed by atoms with Gasteiger partial charge in [0.15, 0.2) is 11.5 Å². The second kappa shape index (κ2) is 7.23. The lowest BCUT2D eigenvalue weighted by atomic mass is 10.1. The van der Waals surface area contributed by atoms with Gasteiger partial charge in [0.25, 0.3) is 5.91 Å². The van der Waals surface area contributed by atoms with Crippen LogP contribution < -0.4 is 19.5 Å². The Labute approximate surface area is 166 Å². The fourth-order valence-corrected chi connectivity index (χ4v) is 4.95. The second-order valence-corrected chi connectivity index (χ2v) is 7.37. The molecule has 0 unspecified atom stereocenters. The number of nitrogens with zero attached hydrogens (tertiary/aromatic N) is 2. The van der Waals surface area contributed by atoms with Crippen molar-refractivity contribution in [3.63, 3.8) is 0 Å². The Hall–Kier alpha value is -2.94. The Kier molecular flexibility index (Phi) is 4.76. The summed E-state index contributed by atoms with van der Waals surface area (Å²) in [6.07, 6.45) is 1.52. The fourth-order valence-electron chi connectivity index (χ4n) is 3.49. The number of fused-ring (bicyclic) bond motifs is 3. The summed E-state index contributed by atoms with van der Waals surface area (Å²) in [5.74, 6) is 1.38. The second-order valence-electron chi connectivity index (χ2n) is 6.26. The highest BCUT2D eigenvalue weighted by molar-refractivity contribution is 7.99. The van der Waals surface area contributed by atoms with Gasteiger partial charge >= 0.3 is 0 Å². The highest BCUT2D eigenvalue weighted by Crippen LogP contribution is 2.52. The number of methoxy groups -OCH3 is 3. The third-order valence-electron chi connectivity index (χ3n) is 4.81. The molecular formula is C19H19N3O5S. The monoisotopic (exact) mass is 401 g/mol. The quantitative estimate of drug-likeness (QED) is 0.822. The van der Waals surface area contributed by atoms with Gasteiger partial charge in [0, 0.05) is 17.4 Å². The summed E-state index contributed by atoms with van der Waals surface area (Å²) in [7, 11) is 4.55. The molecule has 3 heterocycles. The van der Waals surface area contributed by atoms with Gasteiger partial charge < -0.3 is 24.4 Å². The van der Waals surface area contributed by atoms with Crippen LogP contribution in [0.4, 0.5) is 5.69 Å². The minimum Gasteiger partial charge on any atom is -0.493 e. The average Bonchev–Trinajstić information content (AvgIpc) is 3.28. The number of anilines is 1. The highest BCUT2D eigenvalue weighted by Gasteiger charge is 2.50. The standard InChI is InChI=1S/C19H19N3O5S/c1-25-13-6-5-11-15(16(13)27-3)18(24)22-12(9-28-19(11)22)17(23)21-10-4-7-14(26-2)20-8-10/h4-8,12,19H,9H2,1-3H3,(H,21,23)/t12-,19+/m1/s1. The molecule has 1 saturated heterocycles. The summed E-state index contributed by atoms with van der Waals surface area (Å²) >= 11 is 1.56. The number of carbonyl (C=O) groups is 2. The molecule has 1 aromatic carbocycles. The number of pyridine rings is 1. The summed E-state index contributed by atoms with van der Waals surface area (Å²) in [6.45, 7) is 0. The Morgan fingerprint density at radius 1 is 1.18 bits per heavy atom. The van der Waals surface area contributed by atoms with Gasteiger partial charge in [0.1, 0.15) is 11.4 Å². The molecule has 28 heavy (non-hydrogen) atoms. The van der Waals surface area contributed by atoms with Crippen molar-refractivity contribution in [1.82, 2.24) is 9.88 Å². The molecule has 9 heteroatoms. The molecule has 2 aromatic rings. The number of benzene rings is 1. The normalized spacial score (nSPS) is 19.8. The Morgan fingerprint density at radius 2 is 2.00 bits per heavy atom. The molecule has 2 aliphatic heterocycles. The molecule has 1 N–H and O–H groups in total. The molecule has 4 rings (SSSR count). The van der Waals surface area contributed by atoms with E-state index in [-0.39, 0.29) is 17.2 Å². The lowest BCUT2D eigenvalue weighted by Gasteiger charge is -2.22. The first-order chi connectivity index (χ1) is 13.6. The van der Waals surface area contributed by atoms with Gasteiger partial charge in [-0.15, -0.1) is 11.8 Å². The van der Waals surface area contributed by atoms with Crippen LogP contribution in [-0.4, -0.2) is 54.8 Å². The van der Waals surface area contributed by atoms with E-state index < -0.39 is 6.04 Å². The zero-order chi connectivity index (χ0) is 19.8. The third-order valence-corrected chi connectivity index (χ3v) is 6.11. The van der Waals surface area contributed by atoms with Crippen molar-refractivity contribution in [1.29, 1.82) is 0 Å². The largest absolute Gasteiger partial charge is 0.493 e. The number of hydrogen-bond acceptors (Lipinski definition) is 7. The zero-order valence-electron chi connectivity index (χ0n) is 15.6. The first-order valence-corrected chi connectivity index (χ1v) is 9.64. The number of rotatable bonds is 5. The van der Waals surface area contributed by atoms with Crippen molar-refractivity contribution >= 4 is 29.3 Å². The Morgan fingerprint density at radius 3 is 2.64 bits per heavy atom. The van der Waals surface area contributed by atoms with Gasteiger partial charge in [-0.2, -0.15) is 0 Å². The molecule has 0 spiro atoms. The van der Waals surface area contributed by atoms with E-state index in [1.54, 1.807) is 34.9 Å². The lowest BCUT2D eigenvalue weighted by Crippen LogP contribution is -2.42. The molecule has 8 nitrogen and oxygen atoms in total. The molecule has 0 saturated carbocycles. The number of thioether (sulfide) groups is 1. The highest BCUT2D eigenvalue weighted by atomic mass is 32.2. The van der Waals surface area contributed by atoms with Crippen LogP contribution in [0, 0.1) is 0 Å². The van der Waals surface area contributed by atoms with Gasteiger partial charge in [-0.25, -0.2) is 4.98 Å². The predicted molar refractivity (Wildman–Crippen MR) is 104 cm³/mol. The van der Waals surface area contributed by atoms with E-state index in [2.05, 4.69) is 10.3 Å². The summed E-state index contributed by atoms with van der Waals surface area (Å²) in [5, 5.41) is 2.61. The molecule has 1 fully saturated rings. The Balaban J connectivity index is 1.59. The van der Waals surface area contributed by atoms with Crippen LogP contribution in [-0.2, 0) is 4.79 Å². The average molecular weight is 401 g/mol. The van der Waals surface area contributed by atoms with Gasteiger partial charge in [-0.05, 0) is 12.1 Å². The number of ether oxygens (including phenoxy) is 3. The molecule has 0 aliphatic carbocycles. The maximum atomic E-state index is 13.1. The fraction of sp³-hybridized carbons (Fsp3) is 0.316. The van der Waals surface area contributed by atoms with Crippen LogP contribution in [0.3, 0.4) is 0 Å². The van der Waals surface area contributed by atoms with Gasteiger partial charge in [-0.3, -0.25) is 9.59 Å². The molecule has 1 aromatic heterocycles. The third kappa shape index (κ3) is 2.82. The summed E-state index contributed by atoms with van der Waals surface area (Å²) < 4.78 is 15.7. The molecular weight excluding hydrogens is 382 g/mol. The van der Waals surface area contributed by atoms with Crippen molar-refractivity contribution in [2.45, 2.75) is 11.4 Å². The van der Waals surface area contributed by atoms with E-state index in [0.717, 1.165) is 5.56 Å². The Bertz CT molecular complexity index is 934. The predicted octanol–water partition coefficient (Wildman–Crippen LogP) is 2.32. The molecule has 2 amide bonds. The van der Waals surface area contributed by atoms with Gasteiger partial charge in [0.05, 0.1) is 38.8 Å². The number of hydrogen-bond donors (Lipinski definition) is 1. The number of carbonyl (C=O) groups excluding carboxylic acids is 2. The van der Waals surface area contributed by atoms with Crippen LogP contribution >= 0.6 is 11.8 Å². The SMILES string of the molecule is COc1ccc(NC(=O)[C@H]2CS[C@H]3c4ccc(OC)c(OC)c4C(=O)N23)cn1. The molecule has 146 valence electrons. The summed E-state index contributed by atoms with van der Waals surface area (Å²) in [4.78, 5) is 31.7.